The monoisotopic (exact) mass is 315 g/mol. The van der Waals surface area contributed by atoms with Gasteiger partial charge in [-0.1, -0.05) is 30.0 Å². The van der Waals surface area contributed by atoms with Crippen molar-refractivity contribution in [1.82, 2.24) is 9.97 Å². The van der Waals surface area contributed by atoms with E-state index in [9.17, 15) is 10.2 Å². The Morgan fingerprint density at radius 3 is 2.64 bits per heavy atom. The Morgan fingerprint density at radius 2 is 1.86 bits per heavy atom. The number of para-hydroxylation sites is 1. The van der Waals surface area contributed by atoms with E-state index in [1.165, 1.54) is 23.4 Å². The van der Waals surface area contributed by atoms with Crippen LogP contribution in [0.15, 0.2) is 41.6 Å². The molecule has 0 spiro atoms. The molecule has 0 aliphatic rings. The summed E-state index contributed by atoms with van der Waals surface area (Å²) in [5.74, 6) is 0.478. The molecular formula is C16H17N3O2S. The summed E-state index contributed by atoms with van der Waals surface area (Å²) in [4.78, 5) is 9.66. The molecule has 3 N–H and O–H groups in total. The van der Waals surface area contributed by atoms with E-state index in [2.05, 4.69) is 27.0 Å². The Kier molecular flexibility index (Phi) is 3.85. The van der Waals surface area contributed by atoms with Gasteiger partial charge in [0, 0.05) is 37.7 Å². The van der Waals surface area contributed by atoms with Gasteiger partial charge in [-0.25, -0.2) is 4.98 Å². The van der Waals surface area contributed by atoms with Crippen molar-refractivity contribution in [2.24, 2.45) is 0 Å². The number of imidazole rings is 1. The molecule has 1 heterocycles. The van der Waals surface area contributed by atoms with Gasteiger partial charge in [0.15, 0.2) is 16.7 Å². The Labute approximate surface area is 132 Å². The Morgan fingerprint density at radius 1 is 1.14 bits per heavy atom. The molecule has 0 atom stereocenters. The predicted octanol–water partition coefficient (Wildman–Crippen LogP) is 3.33. The normalized spacial score (nSPS) is 11.0. The minimum Gasteiger partial charge on any atom is -0.504 e. The number of phenolic OH excluding ortho intramolecular Hbond substituents is 2. The second-order valence-corrected chi connectivity index (χ2v) is 6.18. The number of nitrogens with one attached hydrogen (secondary N) is 1. The standard InChI is InChI=1S/C16H17N3O2S/c1-19(2)13-6-4-3-5-10(13)9-22-16-17-11-7-14(20)15(21)8-12(11)18-16/h3-8,20-21H,9H2,1-2H3,(H,17,18). The number of phenols is 2. The minimum atomic E-state index is -0.159. The predicted molar refractivity (Wildman–Crippen MR) is 89.8 cm³/mol. The first kappa shape index (κ1) is 14.6. The number of aromatic amines is 1. The van der Waals surface area contributed by atoms with E-state index in [-0.39, 0.29) is 11.5 Å². The number of nitrogens with zero attached hydrogens (tertiary/aromatic N) is 2. The summed E-state index contributed by atoms with van der Waals surface area (Å²) in [6.07, 6.45) is 0. The molecule has 3 aromatic rings. The third-order valence-corrected chi connectivity index (χ3v) is 4.32. The number of thioether (sulfide) groups is 1. The van der Waals surface area contributed by atoms with Gasteiger partial charge < -0.3 is 20.1 Å². The van der Waals surface area contributed by atoms with Crippen LogP contribution in [0, 0.1) is 0 Å². The summed E-state index contributed by atoms with van der Waals surface area (Å²) in [7, 11) is 4.05. The number of rotatable bonds is 4. The number of H-pyrrole nitrogens is 1. The molecule has 1 aromatic heterocycles. The van der Waals surface area contributed by atoms with E-state index >= 15 is 0 Å². The number of fused-ring (bicyclic) bond motifs is 1. The first-order chi connectivity index (χ1) is 10.5. The van der Waals surface area contributed by atoms with Gasteiger partial charge in [-0.3, -0.25) is 0 Å². The highest BCUT2D eigenvalue weighted by atomic mass is 32.2. The van der Waals surface area contributed by atoms with E-state index < -0.39 is 0 Å². The molecule has 0 saturated heterocycles. The fraction of sp³-hybridized carbons (Fsp3) is 0.188. The average Bonchev–Trinajstić information content (AvgIpc) is 2.87. The second kappa shape index (κ2) is 5.81. The molecule has 0 saturated carbocycles. The van der Waals surface area contributed by atoms with Crippen molar-refractivity contribution in [3.05, 3.63) is 42.0 Å². The maximum Gasteiger partial charge on any atom is 0.166 e. The van der Waals surface area contributed by atoms with Crippen LogP contribution in [0.5, 0.6) is 11.5 Å². The zero-order valence-electron chi connectivity index (χ0n) is 12.4. The molecule has 0 aliphatic heterocycles. The molecule has 0 aliphatic carbocycles. The lowest BCUT2D eigenvalue weighted by Gasteiger charge is -2.16. The summed E-state index contributed by atoms with van der Waals surface area (Å²) < 4.78 is 0. The summed E-state index contributed by atoms with van der Waals surface area (Å²) in [5, 5.41) is 19.8. The van der Waals surface area contributed by atoms with Crippen LogP contribution in [0.3, 0.4) is 0 Å². The molecular weight excluding hydrogens is 298 g/mol. The molecule has 22 heavy (non-hydrogen) atoms. The van der Waals surface area contributed by atoms with E-state index in [4.69, 9.17) is 0 Å². The fourth-order valence-electron chi connectivity index (χ4n) is 2.29. The SMILES string of the molecule is CN(C)c1ccccc1CSc1nc2cc(O)c(O)cc2[nH]1. The van der Waals surface area contributed by atoms with Crippen LogP contribution in [0.1, 0.15) is 5.56 Å². The van der Waals surface area contributed by atoms with Crippen LogP contribution in [0.25, 0.3) is 11.0 Å². The molecule has 114 valence electrons. The van der Waals surface area contributed by atoms with Gasteiger partial charge in [0.05, 0.1) is 11.0 Å². The van der Waals surface area contributed by atoms with E-state index in [0.717, 1.165) is 10.9 Å². The van der Waals surface area contributed by atoms with Crippen molar-refractivity contribution in [1.29, 1.82) is 0 Å². The van der Waals surface area contributed by atoms with Crippen molar-refractivity contribution in [2.75, 3.05) is 19.0 Å². The van der Waals surface area contributed by atoms with E-state index in [0.29, 0.717) is 11.0 Å². The second-order valence-electron chi connectivity index (χ2n) is 5.21. The zero-order chi connectivity index (χ0) is 15.7. The summed E-state index contributed by atoms with van der Waals surface area (Å²) in [5.41, 5.74) is 3.75. The summed E-state index contributed by atoms with van der Waals surface area (Å²) in [6.45, 7) is 0. The van der Waals surface area contributed by atoms with Gasteiger partial charge in [0.2, 0.25) is 0 Å². The number of aromatic hydroxyl groups is 2. The highest BCUT2D eigenvalue weighted by Gasteiger charge is 2.09. The number of aromatic nitrogens is 2. The Balaban J connectivity index is 1.82. The van der Waals surface area contributed by atoms with Crippen LogP contribution in [0.2, 0.25) is 0 Å². The first-order valence-electron chi connectivity index (χ1n) is 6.84. The molecule has 0 unspecified atom stereocenters. The van der Waals surface area contributed by atoms with Crippen molar-refractivity contribution in [3.63, 3.8) is 0 Å². The van der Waals surface area contributed by atoms with E-state index in [1.54, 1.807) is 11.8 Å². The van der Waals surface area contributed by atoms with Crippen molar-refractivity contribution in [2.45, 2.75) is 10.9 Å². The van der Waals surface area contributed by atoms with Crippen molar-refractivity contribution < 1.29 is 10.2 Å². The highest BCUT2D eigenvalue weighted by Crippen LogP contribution is 2.32. The number of anilines is 1. The van der Waals surface area contributed by atoms with Gasteiger partial charge in [-0.2, -0.15) is 0 Å². The molecule has 3 rings (SSSR count). The van der Waals surface area contributed by atoms with Gasteiger partial charge in [0.25, 0.3) is 0 Å². The van der Waals surface area contributed by atoms with Gasteiger partial charge >= 0.3 is 0 Å². The van der Waals surface area contributed by atoms with Crippen LogP contribution < -0.4 is 4.90 Å². The maximum atomic E-state index is 9.52. The maximum absolute atomic E-state index is 9.52. The molecule has 0 fully saturated rings. The van der Waals surface area contributed by atoms with Crippen LogP contribution in [-0.4, -0.2) is 34.3 Å². The zero-order valence-corrected chi connectivity index (χ0v) is 13.2. The number of hydrogen-bond donors (Lipinski definition) is 3. The molecule has 0 bridgehead atoms. The van der Waals surface area contributed by atoms with Crippen molar-refractivity contribution in [3.8, 4) is 11.5 Å². The molecule has 0 amide bonds. The first-order valence-corrected chi connectivity index (χ1v) is 7.83. The van der Waals surface area contributed by atoms with Gasteiger partial charge in [-0.05, 0) is 11.6 Å². The summed E-state index contributed by atoms with van der Waals surface area (Å²) >= 11 is 1.59. The smallest absolute Gasteiger partial charge is 0.166 e. The minimum absolute atomic E-state index is 0.148. The number of benzene rings is 2. The molecule has 2 aromatic carbocycles. The third-order valence-electron chi connectivity index (χ3n) is 3.39. The molecule has 0 radical (unpaired) electrons. The van der Waals surface area contributed by atoms with Crippen LogP contribution in [0.4, 0.5) is 5.69 Å². The Bertz CT molecular complexity index is 775. The average molecular weight is 315 g/mol. The lowest BCUT2D eigenvalue weighted by Crippen LogP contribution is -2.10. The largest absolute Gasteiger partial charge is 0.504 e. The Hall–Kier alpha value is -2.34. The third kappa shape index (κ3) is 2.82. The van der Waals surface area contributed by atoms with Crippen LogP contribution >= 0.6 is 11.8 Å². The van der Waals surface area contributed by atoms with Gasteiger partial charge in [-0.15, -0.1) is 0 Å². The lowest BCUT2D eigenvalue weighted by molar-refractivity contribution is 0.405. The fourth-order valence-corrected chi connectivity index (χ4v) is 3.18. The summed E-state index contributed by atoms with van der Waals surface area (Å²) in [6, 6.07) is 11.2. The molecule has 6 heteroatoms. The van der Waals surface area contributed by atoms with E-state index in [1.807, 2.05) is 26.2 Å². The lowest BCUT2D eigenvalue weighted by atomic mass is 10.2. The van der Waals surface area contributed by atoms with Crippen LogP contribution in [-0.2, 0) is 5.75 Å². The topological polar surface area (TPSA) is 72.4 Å². The quantitative estimate of drug-likeness (QED) is 0.509. The highest BCUT2D eigenvalue weighted by molar-refractivity contribution is 7.98. The van der Waals surface area contributed by atoms with Gasteiger partial charge in [0.1, 0.15) is 0 Å². The van der Waals surface area contributed by atoms with Crippen molar-refractivity contribution >= 4 is 28.5 Å². The molecule has 5 nitrogen and oxygen atoms in total. The number of hydrogen-bond acceptors (Lipinski definition) is 5.